The van der Waals surface area contributed by atoms with Crippen molar-refractivity contribution in [2.75, 3.05) is 6.54 Å². The van der Waals surface area contributed by atoms with Gasteiger partial charge in [0, 0.05) is 17.0 Å². The van der Waals surface area contributed by atoms with Crippen molar-refractivity contribution in [3.8, 4) is 0 Å². The van der Waals surface area contributed by atoms with Crippen LogP contribution in [0, 0.1) is 5.82 Å². The van der Waals surface area contributed by atoms with Crippen molar-refractivity contribution >= 4 is 23.4 Å². The molecule has 0 aliphatic carbocycles. The minimum Gasteiger partial charge on any atom is -0.310 e. The number of halogens is 2. The van der Waals surface area contributed by atoms with Crippen molar-refractivity contribution in [1.29, 1.82) is 0 Å². The molecule has 0 amide bonds. The zero-order valence-electron chi connectivity index (χ0n) is 10.8. The number of thioether (sulfide) groups is 1. The first-order valence-electron chi connectivity index (χ1n) is 6.44. The largest absolute Gasteiger partial charge is 0.310 e. The lowest BCUT2D eigenvalue weighted by atomic mass is 9.97. The Morgan fingerprint density at radius 2 is 2.28 bits per heavy atom. The maximum Gasteiger partial charge on any atom is 0.142 e. The molecule has 18 heavy (non-hydrogen) atoms. The highest BCUT2D eigenvalue weighted by Gasteiger charge is 2.23. The van der Waals surface area contributed by atoms with Crippen LogP contribution in [0.15, 0.2) is 12.1 Å². The molecule has 1 N–H and O–H groups in total. The summed E-state index contributed by atoms with van der Waals surface area (Å²) in [6.07, 6.45) is 2.17. The Morgan fingerprint density at radius 1 is 1.50 bits per heavy atom. The van der Waals surface area contributed by atoms with E-state index in [2.05, 4.69) is 19.2 Å². The van der Waals surface area contributed by atoms with E-state index in [1.54, 1.807) is 12.1 Å². The molecule has 1 aliphatic rings. The van der Waals surface area contributed by atoms with Gasteiger partial charge in [0.25, 0.3) is 0 Å². The Balaban J connectivity index is 2.33. The molecule has 1 aliphatic heterocycles. The zero-order valence-corrected chi connectivity index (χ0v) is 12.4. The fourth-order valence-electron chi connectivity index (χ4n) is 2.32. The lowest BCUT2D eigenvalue weighted by molar-refractivity contribution is 0.498. The lowest BCUT2D eigenvalue weighted by Gasteiger charge is -2.21. The lowest BCUT2D eigenvalue weighted by Crippen LogP contribution is -2.24. The fourth-order valence-corrected chi connectivity index (χ4v) is 3.54. The van der Waals surface area contributed by atoms with Crippen LogP contribution in [0.2, 0.25) is 5.02 Å². The van der Waals surface area contributed by atoms with Gasteiger partial charge in [-0.1, -0.05) is 25.4 Å². The molecule has 0 saturated carbocycles. The third-order valence-corrected chi connectivity index (χ3v) is 4.82. The van der Waals surface area contributed by atoms with Crippen molar-refractivity contribution in [2.45, 2.75) is 43.7 Å². The first-order valence-corrected chi connectivity index (χ1v) is 7.87. The average Bonchev–Trinajstić information content (AvgIpc) is 2.48. The van der Waals surface area contributed by atoms with Crippen LogP contribution in [0.25, 0.3) is 0 Å². The molecule has 100 valence electrons. The molecule has 0 radical (unpaired) electrons. The molecule has 0 aromatic heterocycles. The molecule has 0 saturated heterocycles. The van der Waals surface area contributed by atoms with Crippen LogP contribution in [-0.4, -0.2) is 11.8 Å². The molecule has 2 atom stereocenters. The highest BCUT2D eigenvalue weighted by Crippen LogP contribution is 2.36. The Hall–Kier alpha value is -0.250. The molecule has 1 aromatic carbocycles. The van der Waals surface area contributed by atoms with Crippen molar-refractivity contribution < 1.29 is 4.39 Å². The van der Waals surface area contributed by atoms with E-state index in [1.807, 2.05) is 11.8 Å². The van der Waals surface area contributed by atoms with Gasteiger partial charge in [0.15, 0.2) is 0 Å². The van der Waals surface area contributed by atoms with Crippen LogP contribution in [-0.2, 0) is 5.75 Å². The van der Waals surface area contributed by atoms with E-state index in [0.717, 1.165) is 30.7 Å². The topological polar surface area (TPSA) is 12.0 Å². The quantitative estimate of drug-likeness (QED) is 0.875. The van der Waals surface area contributed by atoms with Crippen molar-refractivity contribution in [3.05, 3.63) is 34.1 Å². The Kier molecular flexibility index (Phi) is 4.93. The van der Waals surface area contributed by atoms with E-state index < -0.39 is 0 Å². The van der Waals surface area contributed by atoms with Crippen LogP contribution in [0.5, 0.6) is 0 Å². The van der Waals surface area contributed by atoms with Crippen molar-refractivity contribution in [1.82, 2.24) is 5.32 Å². The van der Waals surface area contributed by atoms with Crippen molar-refractivity contribution in [3.63, 3.8) is 0 Å². The summed E-state index contributed by atoms with van der Waals surface area (Å²) in [4.78, 5) is 0. The maximum atomic E-state index is 13.6. The Morgan fingerprint density at radius 3 is 3.00 bits per heavy atom. The molecule has 0 bridgehead atoms. The summed E-state index contributed by atoms with van der Waals surface area (Å²) in [5.41, 5.74) is 2.26. The number of benzene rings is 1. The minimum absolute atomic E-state index is 0.233. The Bertz CT molecular complexity index is 425. The smallest absolute Gasteiger partial charge is 0.142 e. The summed E-state index contributed by atoms with van der Waals surface area (Å²) in [5.74, 6) is 0.564. The van der Waals surface area contributed by atoms with Gasteiger partial charge in [0.05, 0.1) is 5.02 Å². The second-order valence-corrected chi connectivity index (χ2v) is 6.66. The summed E-state index contributed by atoms with van der Waals surface area (Å²) >= 11 is 7.81. The van der Waals surface area contributed by atoms with E-state index in [-0.39, 0.29) is 10.8 Å². The van der Waals surface area contributed by atoms with E-state index in [9.17, 15) is 4.39 Å². The molecule has 1 aromatic rings. The summed E-state index contributed by atoms with van der Waals surface area (Å²) in [5, 5.41) is 4.36. The predicted octanol–water partition coefficient (Wildman–Crippen LogP) is 4.55. The van der Waals surface area contributed by atoms with Gasteiger partial charge in [-0.15, -0.1) is 0 Å². The van der Waals surface area contributed by atoms with E-state index in [0.29, 0.717) is 11.3 Å². The summed E-state index contributed by atoms with van der Waals surface area (Å²) in [7, 11) is 0. The van der Waals surface area contributed by atoms with Gasteiger partial charge in [-0.05, 0) is 42.6 Å². The minimum atomic E-state index is -0.306. The van der Waals surface area contributed by atoms with E-state index in [4.69, 9.17) is 11.6 Å². The molecule has 1 nitrogen and oxygen atoms in total. The average molecular weight is 288 g/mol. The monoisotopic (exact) mass is 287 g/mol. The van der Waals surface area contributed by atoms with Crippen molar-refractivity contribution in [2.24, 2.45) is 0 Å². The SMILES string of the molecule is CCCNC1CC(C)SCc2cc(F)c(Cl)cc21. The number of rotatable bonds is 3. The predicted molar refractivity (Wildman–Crippen MR) is 77.8 cm³/mol. The zero-order chi connectivity index (χ0) is 13.1. The van der Waals surface area contributed by atoms with Gasteiger partial charge >= 0.3 is 0 Å². The highest BCUT2D eigenvalue weighted by molar-refractivity contribution is 7.99. The molecular weight excluding hydrogens is 269 g/mol. The molecule has 2 unspecified atom stereocenters. The van der Waals surface area contributed by atoms with Crippen LogP contribution in [0.3, 0.4) is 0 Å². The maximum absolute atomic E-state index is 13.6. The Labute approximate surface area is 117 Å². The van der Waals surface area contributed by atoms with Crippen LogP contribution in [0.4, 0.5) is 4.39 Å². The first-order chi connectivity index (χ1) is 8.61. The number of hydrogen-bond acceptors (Lipinski definition) is 2. The molecule has 4 heteroatoms. The van der Waals surface area contributed by atoms with Crippen LogP contribution < -0.4 is 5.32 Å². The number of hydrogen-bond donors (Lipinski definition) is 1. The van der Waals surface area contributed by atoms with Gasteiger partial charge in [0.2, 0.25) is 0 Å². The first kappa shape index (κ1) is 14.2. The summed E-state index contributed by atoms with van der Waals surface area (Å²) < 4.78 is 13.6. The van der Waals surface area contributed by atoms with E-state index >= 15 is 0 Å². The van der Waals surface area contributed by atoms with Gasteiger partial charge in [-0.2, -0.15) is 11.8 Å². The molecular formula is C14H19ClFNS. The number of nitrogens with one attached hydrogen (secondary N) is 1. The highest BCUT2D eigenvalue weighted by atomic mass is 35.5. The summed E-state index contributed by atoms with van der Waals surface area (Å²) in [6.45, 7) is 5.37. The third kappa shape index (κ3) is 3.19. The fraction of sp³-hybridized carbons (Fsp3) is 0.571. The van der Waals surface area contributed by atoms with Gasteiger partial charge in [0.1, 0.15) is 5.82 Å². The standard InChI is InChI=1S/C14H19ClFNS/c1-3-4-17-14-5-9(2)18-8-10-6-13(16)12(15)7-11(10)14/h6-7,9,14,17H,3-5,8H2,1-2H3. The third-order valence-electron chi connectivity index (χ3n) is 3.29. The summed E-state index contributed by atoms with van der Waals surface area (Å²) in [6, 6.07) is 3.70. The second-order valence-electron chi connectivity index (χ2n) is 4.83. The molecule has 1 heterocycles. The molecule has 0 spiro atoms. The van der Waals surface area contributed by atoms with E-state index in [1.165, 1.54) is 5.56 Å². The van der Waals surface area contributed by atoms with Crippen LogP contribution >= 0.6 is 23.4 Å². The van der Waals surface area contributed by atoms with Gasteiger partial charge < -0.3 is 5.32 Å². The van der Waals surface area contributed by atoms with Gasteiger partial charge in [-0.3, -0.25) is 0 Å². The molecule has 0 fully saturated rings. The molecule has 2 rings (SSSR count). The van der Waals surface area contributed by atoms with Crippen LogP contribution in [0.1, 0.15) is 43.9 Å². The number of fused-ring (bicyclic) bond motifs is 1. The van der Waals surface area contributed by atoms with Gasteiger partial charge in [-0.25, -0.2) is 4.39 Å². The normalized spacial score (nSPS) is 23.6. The second kappa shape index (κ2) is 6.27.